The molecular weight excluding hydrogens is 252 g/mol. The molecule has 0 saturated carbocycles. The van der Waals surface area contributed by atoms with Crippen molar-refractivity contribution in [3.63, 3.8) is 0 Å². The number of unbranched alkanes of at least 4 members (excludes halogenated alkanes) is 1. The number of anilines is 1. The SMILES string of the molecule is Cc1cc(C(N)=O)ccc1NC(=O)CCCCCl. The fourth-order valence-corrected chi connectivity index (χ4v) is 1.74. The standard InChI is InChI=1S/C13H17ClN2O2/c1-9-8-10(13(15)18)5-6-11(9)16-12(17)4-2-3-7-14/h5-6,8H,2-4,7H2,1H3,(H2,15,18)(H,16,17). The normalized spacial score (nSPS) is 10.1. The summed E-state index contributed by atoms with van der Waals surface area (Å²) in [5.41, 5.74) is 7.14. The van der Waals surface area contributed by atoms with Crippen molar-refractivity contribution in [1.29, 1.82) is 0 Å². The highest BCUT2D eigenvalue weighted by Gasteiger charge is 2.07. The largest absolute Gasteiger partial charge is 0.366 e. The van der Waals surface area contributed by atoms with Crippen molar-refractivity contribution in [2.75, 3.05) is 11.2 Å². The highest BCUT2D eigenvalue weighted by atomic mass is 35.5. The highest BCUT2D eigenvalue weighted by molar-refractivity contribution is 6.17. The number of benzene rings is 1. The molecule has 18 heavy (non-hydrogen) atoms. The first-order valence-corrected chi connectivity index (χ1v) is 6.34. The van der Waals surface area contributed by atoms with Crippen LogP contribution < -0.4 is 11.1 Å². The van der Waals surface area contributed by atoms with Crippen molar-refractivity contribution in [2.45, 2.75) is 26.2 Å². The smallest absolute Gasteiger partial charge is 0.248 e. The van der Waals surface area contributed by atoms with Gasteiger partial charge < -0.3 is 11.1 Å². The number of amides is 2. The summed E-state index contributed by atoms with van der Waals surface area (Å²) in [7, 11) is 0. The number of primary amides is 1. The lowest BCUT2D eigenvalue weighted by molar-refractivity contribution is -0.116. The van der Waals surface area contributed by atoms with Crippen molar-refractivity contribution in [1.82, 2.24) is 0 Å². The second kappa shape index (κ2) is 7.01. The van der Waals surface area contributed by atoms with E-state index in [1.807, 2.05) is 6.92 Å². The van der Waals surface area contributed by atoms with Gasteiger partial charge in [-0.15, -0.1) is 11.6 Å². The van der Waals surface area contributed by atoms with Gasteiger partial charge in [0.15, 0.2) is 0 Å². The van der Waals surface area contributed by atoms with E-state index in [0.717, 1.165) is 18.4 Å². The molecule has 0 fully saturated rings. The van der Waals surface area contributed by atoms with Gasteiger partial charge in [0.25, 0.3) is 0 Å². The molecular formula is C13H17ClN2O2. The molecule has 0 atom stereocenters. The molecule has 0 aromatic heterocycles. The van der Waals surface area contributed by atoms with Crippen LogP contribution in [0.2, 0.25) is 0 Å². The maximum absolute atomic E-state index is 11.6. The molecule has 1 rings (SSSR count). The van der Waals surface area contributed by atoms with Gasteiger partial charge in [0.05, 0.1) is 0 Å². The minimum Gasteiger partial charge on any atom is -0.366 e. The number of nitrogens with one attached hydrogen (secondary N) is 1. The Labute approximate surface area is 112 Å². The quantitative estimate of drug-likeness (QED) is 0.614. The lowest BCUT2D eigenvalue weighted by Crippen LogP contribution is -2.14. The summed E-state index contributed by atoms with van der Waals surface area (Å²) in [5.74, 6) is 0.0488. The van der Waals surface area contributed by atoms with Crippen LogP contribution in [0.1, 0.15) is 35.2 Å². The number of hydrogen-bond donors (Lipinski definition) is 2. The highest BCUT2D eigenvalue weighted by Crippen LogP contribution is 2.16. The number of carbonyl (C=O) groups is 2. The van der Waals surface area contributed by atoms with E-state index in [-0.39, 0.29) is 5.91 Å². The van der Waals surface area contributed by atoms with Gasteiger partial charge in [0.1, 0.15) is 0 Å². The topological polar surface area (TPSA) is 72.2 Å². The van der Waals surface area contributed by atoms with Gasteiger partial charge in [-0.05, 0) is 43.5 Å². The van der Waals surface area contributed by atoms with Gasteiger partial charge in [-0.2, -0.15) is 0 Å². The molecule has 4 nitrogen and oxygen atoms in total. The maximum atomic E-state index is 11.6. The second-order valence-electron chi connectivity index (χ2n) is 4.09. The monoisotopic (exact) mass is 268 g/mol. The van der Waals surface area contributed by atoms with E-state index in [1.165, 1.54) is 0 Å². The number of aryl methyl sites for hydroxylation is 1. The fourth-order valence-electron chi connectivity index (χ4n) is 1.55. The van der Waals surface area contributed by atoms with Crippen molar-refractivity contribution in [3.05, 3.63) is 29.3 Å². The van der Waals surface area contributed by atoms with E-state index in [4.69, 9.17) is 17.3 Å². The van der Waals surface area contributed by atoms with Gasteiger partial charge in [0.2, 0.25) is 11.8 Å². The van der Waals surface area contributed by atoms with E-state index in [1.54, 1.807) is 18.2 Å². The van der Waals surface area contributed by atoms with Crippen LogP contribution in [0.4, 0.5) is 5.69 Å². The van der Waals surface area contributed by atoms with Crippen LogP contribution in [0.3, 0.4) is 0 Å². The number of alkyl halides is 1. The first-order chi connectivity index (χ1) is 8.54. The molecule has 0 bridgehead atoms. The van der Waals surface area contributed by atoms with Crippen molar-refractivity contribution in [2.24, 2.45) is 5.73 Å². The minimum absolute atomic E-state index is 0.0463. The first kappa shape index (κ1) is 14.5. The third kappa shape index (κ3) is 4.37. The molecule has 0 unspecified atom stereocenters. The summed E-state index contributed by atoms with van der Waals surface area (Å²) in [4.78, 5) is 22.6. The Kier molecular flexibility index (Phi) is 5.65. The lowest BCUT2D eigenvalue weighted by atomic mass is 10.1. The Morgan fingerprint density at radius 1 is 1.33 bits per heavy atom. The Bertz CT molecular complexity index is 447. The number of hydrogen-bond acceptors (Lipinski definition) is 2. The van der Waals surface area contributed by atoms with E-state index in [2.05, 4.69) is 5.32 Å². The molecule has 1 aromatic rings. The van der Waals surface area contributed by atoms with E-state index in [0.29, 0.717) is 23.6 Å². The molecule has 1 aromatic carbocycles. The molecule has 0 aliphatic heterocycles. The summed E-state index contributed by atoms with van der Waals surface area (Å²) in [6.07, 6.45) is 2.05. The van der Waals surface area contributed by atoms with Crippen LogP contribution in [0, 0.1) is 6.92 Å². The number of nitrogens with two attached hydrogens (primary N) is 1. The van der Waals surface area contributed by atoms with E-state index < -0.39 is 5.91 Å². The number of halogens is 1. The predicted molar refractivity (Wildman–Crippen MR) is 72.9 cm³/mol. The third-order valence-corrected chi connectivity index (χ3v) is 2.84. The first-order valence-electron chi connectivity index (χ1n) is 5.81. The van der Waals surface area contributed by atoms with Gasteiger partial charge in [-0.1, -0.05) is 0 Å². The lowest BCUT2D eigenvalue weighted by Gasteiger charge is -2.09. The average molecular weight is 269 g/mol. The Morgan fingerprint density at radius 3 is 2.61 bits per heavy atom. The Balaban J connectivity index is 2.62. The zero-order valence-corrected chi connectivity index (χ0v) is 11.1. The molecule has 0 aliphatic carbocycles. The van der Waals surface area contributed by atoms with Crippen LogP contribution in [0.5, 0.6) is 0 Å². The van der Waals surface area contributed by atoms with Gasteiger partial charge >= 0.3 is 0 Å². The minimum atomic E-state index is -0.474. The zero-order chi connectivity index (χ0) is 13.5. The molecule has 98 valence electrons. The molecule has 0 spiro atoms. The van der Waals surface area contributed by atoms with Crippen LogP contribution in [0.15, 0.2) is 18.2 Å². The van der Waals surface area contributed by atoms with Crippen LogP contribution in [0.25, 0.3) is 0 Å². The number of carbonyl (C=O) groups excluding carboxylic acids is 2. The average Bonchev–Trinajstić information content (AvgIpc) is 2.32. The fraction of sp³-hybridized carbons (Fsp3) is 0.385. The third-order valence-electron chi connectivity index (χ3n) is 2.57. The van der Waals surface area contributed by atoms with Gasteiger partial charge in [0, 0.05) is 23.6 Å². The van der Waals surface area contributed by atoms with Crippen molar-refractivity contribution in [3.8, 4) is 0 Å². The van der Waals surface area contributed by atoms with E-state index >= 15 is 0 Å². The Hall–Kier alpha value is -1.55. The molecule has 0 saturated heterocycles. The summed E-state index contributed by atoms with van der Waals surface area (Å²) >= 11 is 5.54. The van der Waals surface area contributed by atoms with E-state index in [9.17, 15) is 9.59 Å². The molecule has 5 heteroatoms. The molecule has 0 radical (unpaired) electrons. The summed E-state index contributed by atoms with van der Waals surface area (Å²) in [6.45, 7) is 1.82. The maximum Gasteiger partial charge on any atom is 0.248 e. The molecule has 0 heterocycles. The zero-order valence-electron chi connectivity index (χ0n) is 10.3. The Morgan fingerprint density at radius 2 is 2.06 bits per heavy atom. The molecule has 3 N–H and O–H groups in total. The predicted octanol–water partition coefficient (Wildman–Crippen LogP) is 2.44. The molecule has 0 aliphatic rings. The van der Waals surface area contributed by atoms with Crippen LogP contribution in [-0.2, 0) is 4.79 Å². The van der Waals surface area contributed by atoms with Crippen LogP contribution >= 0.6 is 11.6 Å². The van der Waals surface area contributed by atoms with Gasteiger partial charge in [-0.25, -0.2) is 0 Å². The summed E-state index contributed by atoms with van der Waals surface area (Å²) in [5, 5.41) is 2.80. The van der Waals surface area contributed by atoms with Crippen molar-refractivity contribution >= 4 is 29.1 Å². The summed E-state index contributed by atoms with van der Waals surface area (Å²) < 4.78 is 0. The van der Waals surface area contributed by atoms with Crippen molar-refractivity contribution < 1.29 is 9.59 Å². The van der Waals surface area contributed by atoms with Gasteiger partial charge in [-0.3, -0.25) is 9.59 Å². The van der Waals surface area contributed by atoms with Crippen LogP contribution in [-0.4, -0.2) is 17.7 Å². The number of rotatable bonds is 6. The second-order valence-corrected chi connectivity index (χ2v) is 4.47. The molecule has 2 amide bonds. The summed E-state index contributed by atoms with van der Waals surface area (Å²) in [6, 6.07) is 4.95.